The number of nitrogens with zero attached hydrogens (tertiary/aromatic N) is 3. The summed E-state index contributed by atoms with van der Waals surface area (Å²) in [5, 5.41) is 6.13. The summed E-state index contributed by atoms with van der Waals surface area (Å²) in [6.07, 6.45) is 0.699. The summed E-state index contributed by atoms with van der Waals surface area (Å²) in [6.45, 7) is 1.55. The van der Waals surface area contributed by atoms with Crippen LogP contribution in [0.3, 0.4) is 0 Å². The average Bonchev–Trinajstić information content (AvgIpc) is 3.01. The van der Waals surface area contributed by atoms with Crippen LogP contribution in [0, 0.1) is 0 Å². The van der Waals surface area contributed by atoms with Crippen LogP contribution >= 0.6 is 0 Å². The van der Waals surface area contributed by atoms with Gasteiger partial charge >= 0.3 is 0 Å². The fraction of sp³-hybridized carbons (Fsp3) is 0.263. The zero-order chi connectivity index (χ0) is 17.3. The van der Waals surface area contributed by atoms with Gasteiger partial charge in [-0.15, -0.1) is 0 Å². The smallest absolute Gasteiger partial charge is 0.240 e. The molecule has 0 bridgehead atoms. The standard InChI is InChI=1S/C19H22N4O/c1-13(24)23-19(15-6-10-17(11-7-15)22(2)3)12-18(21-23)14-4-8-16(20)9-5-14/h4-11,19H,12,20H2,1-3H3. The Balaban J connectivity index is 1.89. The minimum atomic E-state index is -0.0636. The number of benzene rings is 2. The van der Waals surface area contributed by atoms with Gasteiger partial charge in [-0.2, -0.15) is 5.10 Å². The van der Waals surface area contributed by atoms with E-state index in [1.807, 2.05) is 38.4 Å². The van der Waals surface area contributed by atoms with E-state index in [1.165, 1.54) is 0 Å². The molecule has 0 saturated carbocycles. The monoisotopic (exact) mass is 322 g/mol. The quantitative estimate of drug-likeness (QED) is 0.884. The molecule has 24 heavy (non-hydrogen) atoms. The highest BCUT2D eigenvalue weighted by Crippen LogP contribution is 2.33. The zero-order valence-electron chi connectivity index (χ0n) is 14.2. The van der Waals surface area contributed by atoms with E-state index < -0.39 is 0 Å². The van der Waals surface area contributed by atoms with Gasteiger partial charge in [0.1, 0.15) is 0 Å². The van der Waals surface area contributed by atoms with Crippen molar-refractivity contribution in [2.45, 2.75) is 19.4 Å². The van der Waals surface area contributed by atoms with Crippen molar-refractivity contribution in [2.24, 2.45) is 5.10 Å². The van der Waals surface area contributed by atoms with E-state index in [1.54, 1.807) is 11.9 Å². The number of anilines is 2. The van der Waals surface area contributed by atoms with Crippen molar-refractivity contribution in [3.63, 3.8) is 0 Å². The van der Waals surface area contributed by atoms with E-state index in [2.05, 4.69) is 34.3 Å². The van der Waals surface area contributed by atoms with Crippen LogP contribution in [-0.2, 0) is 4.79 Å². The maximum Gasteiger partial charge on any atom is 0.240 e. The van der Waals surface area contributed by atoms with Crippen molar-refractivity contribution in [2.75, 3.05) is 24.7 Å². The Morgan fingerprint density at radius 2 is 1.75 bits per heavy atom. The molecule has 124 valence electrons. The normalized spacial score (nSPS) is 16.9. The lowest BCUT2D eigenvalue weighted by Crippen LogP contribution is -2.24. The number of hydrazone groups is 1. The van der Waals surface area contributed by atoms with Crippen LogP contribution in [0.15, 0.2) is 53.6 Å². The molecule has 1 aliphatic rings. The SMILES string of the molecule is CC(=O)N1N=C(c2ccc(N)cc2)CC1c1ccc(N(C)C)cc1. The average molecular weight is 322 g/mol. The topological polar surface area (TPSA) is 61.9 Å². The van der Waals surface area contributed by atoms with Gasteiger partial charge in [0.05, 0.1) is 11.8 Å². The fourth-order valence-corrected chi connectivity index (χ4v) is 2.90. The van der Waals surface area contributed by atoms with Crippen molar-refractivity contribution in [3.05, 3.63) is 59.7 Å². The number of hydrogen-bond donors (Lipinski definition) is 1. The van der Waals surface area contributed by atoms with E-state index in [9.17, 15) is 4.79 Å². The van der Waals surface area contributed by atoms with E-state index in [0.29, 0.717) is 6.42 Å². The van der Waals surface area contributed by atoms with Gasteiger partial charge < -0.3 is 10.6 Å². The van der Waals surface area contributed by atoms with Crippen LogP contribution in [0.4, 0.5) is 11.4 Å². The molecular weight excluding hydrogens is 300 g/mol. The Hall–Kier alpha value is -2.82. The molecule has 0 aromatic heterocycles. The highest BCUT2D eigenvalue weighted by molar-refractivity contribution is 6.03. The third-order valence-electron chi connectivity index (χ3n) is 4.27. The van der Waals surface area contributed by atoms with Crippen LogP contribution in [0.2, 0.25) is 0 Å². The molecule has 1 unspecified atom stereocenters. The lowest BCUT2D eigenvalue weighted by Gasteiger charge is -2.21. The highest BCUT2D eigenvalue weighted by atomic mass is 16.2. The van der Waals surface area contributed by atoms with Crippen molar-refractivity contribution in [1.82, 2.24) is 5.01 Å². The van der Waals surface area contributed by atoms with E-state index in [-0.39, 0.29) is 11.9 Å². The number of carbonyl (C=O) groups excluding carboxylic acids is 1. The van der Waals surface area contributed by atoms with Crippen molar-refractivity contribution in [1.29, 1.82) is 0 Å². The van der Waals surface area contributed by atoms with Gasteiger partial charge in [-0.1, -0.05) is 24.3 Å². The minimum Gasteiger partial charge on any atom is -0.399 e. The summed E-state index contributed by atoms with van der Waals surface area (Å²) in [5.41, 5.74) is 10.6. The number of carbonyl (C=O) groups is 1. The molecule has 1 aliphatic heterocycles. The Morgan fingerprint density at radius 1 is 1.12 bits per heavy atom. The Morgan fingerprint density at radius 3 is 2.29 bits per heavy atom. The molecule has 0 radical (unpaired) electrons. The first-order valence-corrected chi connectivity index (χ1v) is 7.96. The number of nitrogen functional groups attached to an aromatic ring is 1. The molecule has 3 rings (SSSR count). The van der Waals surface area contributed by atoms with Gasteiger partial charge in [0.15, 0.2) is 0 Å². The van der Waals surface area contributed by atoms with Crippen molar-refractivity contribution >= 4 is 23.0 Å². The van der Waals surface area contributed by atoms with Crippen LogP contribution in [0.5, 0.6) is 0 Å². The Kier molecular flexibility index (Phi) is 4.25. The molecule has 2 N–H and O–H groups in total. The summed E-state index contributed by atoms with van der Waals surface area (Å²) in [7, 11) is 4.02. The summed E-state index contributed by atoms with van der Waals surface area (Å²) in [5.74, 6) is -0.0536. The second kappa shape index (κ2) is 6.35. The Bertz CT molecular complexity index is 763. The first-order valence-electron chi connectivity index (χ1n) is 7.96. The third-order valence-corrected chi connectivity index (χ3v) is 4.27. The van der Waals surface area contributed by atoms with Crippen molar-refractivity contribution < 1.29 is 4.79 Å². The number of rotatable bonds is 3. The lowest BCUT2D eigenvalue weighted by molar-refractivity contribution is -0.130. The predicted molar refractivity (Wildman–Crippen MR) is 98.0 cm³/mol. The molecule has 0 spiro atoms. The molecule has 5 nitrogen and oxygen atoms in total. The molecule has 2 aromatic carbocycles. The maximum absolute atomic E-state index is 12.0. The molecule has 5 heteroatoms. The zero-order valence-corrected chi connectivity index (χ0v) is 14.2. The molecular formula is C19H22N4O. The van der Waals surface area contributed by atoms with E-state index in [4.69, 9.17) is 5.73 Å². The largest absolute Gasteiger partial charge is 0.399 e. The van der Waals surface area contributed by atoms with Crippen LogP contribution in [0.25, 0.3) is 0 Å². The molecule has 0 aliphatic carbocycles. The second-order valence-electron chi connectivity index (χ2n) is 6.24. The first kappa shape index (κ1) is 16.1. The molecule has 1 heterocycles. The predicted octanol–water partition coefficient (Wildman–Crippen LogP) is 3.03. The number of amides is 1. The summed E-state index contributed by atoms with van der Waals surface area (Å²) < 4.78 is 0. The third kappa shape index (κ3) is 3.11. The minimum absolute atomic E-state index is 0.0536. The van der Waals surface area contributed by atoms with E-state index >= 15 is 0 Å². The lowest BCUT2D eigenvalue weighted by atomic mass is 9.98. The number of hydrogen-bond acceptors (Lipinski definition) is 4. The van der Waals surface area contributed by atoms with Gasteiger partial charge in [-0.3, -0.25) is 4.79 Å². The Labute approximate surface area is 142 Å². The van der Waals surface area contributed by atoms with Gasteiger partial charge in [0.2, 0.25) is 5.91 Å². The molecule has 1 atom stereocenters. The van der Waals surface area contributed by atoms with Gasteiger partial charge in [-0.25, -0.2) is 5.01 Å². The molecule has 1 amide bonds. The maximum atomic E-state index is 12.0. The van der Waals surface area contributed by atoms with Gasteiger partial charge in [0, 0.05) is 38.8 Å². The van der Waals surface area contributed by atoms with Gasteiger partial charge in [0.25, 0.3) is 0 Å². The summed E-state index contributed by atoms with van der Waals surface area (Å²) in [4.78, 5) is 14.1. The van der Waals surface area contributed by atoms with Gasteiger partial charge in [-0.05, 0) is 35.4 Å². The fourth-order valence-electron chi connectivity index (χ4n) is 2.90. The number of nitrogens with two attached hydrogens (primary N) is 1. The summed E-state index contributed by atoms with van der Waals surface area (Å²) in [6, 6.07) is 15.8. The first-order chi connectivity index (χ1) is 11.5. The van der Waals surface area contributed by atoms with Crippen molar-refractivity contribution in [3.8, 4) is 0 Å². The second-order valence-corrected chi connectivity index (χ2v) is 6.24. The van der Waals surface area contributed by atoms with E-state index in [0.717, 1.165) is 28.2 Å². The highest BCUT2D eigenvalue weighted by Gasteiger charge is 2.31. The molecule has 2 aromatic rings. The van der Waals surface area contributed by atoms with Crippen LogP contribution < -0.4 is 10.6 Å². The van der Waals surface area contributed by atoms with Crippen LogP contribution in [-0.4, -0.2) is 30.7 Å². The summed E-state index contributed by atoms with van der Waals surface area (Å²) >= 11 is 0. The molecule has 0 saturated heterocycles. The van der Waals surface area contributed by atoms with Crippen LogP contribution in [0.1, 0.15) is 30.5 Å². The molecule has 0 fully saturated rings.